The Kier molecular flexibility index (Phi) is 7.86. The minimum absolute atomic E-state index is 0.127. The fourth-order valence-electron chi connectivity index (χ4n) is 2.08. The average molecular weight is 277 g/mol. The number of ether oxygens (including phenoxy) is 1. The smallest absolute Gasteiger partial charge is 0.209 e. The lowest BCUT2D eigenvalue weighted by molar-refractivity contribution is 0.000615. The highest BCUT2D eigenvalue weighted by Crippen LogP contribution is 2.22. The van der Waals surface area contributed by atoms with Crippen LogP contribution >= 0.6 is 0 Å². The zero-order valence-corrected chi connectivity index (χ0v) is 12.1. The van der Waals surface area contributed by atoms with Crippen molar-refractivity contribution in [3.8, 4) is 0 Å². The lowest BCUT2D eigenvalue weighted by atomic mass is 9.96. The Balaban J connectivity index is 1.73. The summed E-state index contributed by atoms with van der Waals surface area (Å²) < 4.78 is 27.1. The van der Waals surface area contributed by atoms with E-state index in [-0.39, 0.29) is 5.75 Å². The first-order valence-corrected chi connectivity index (χ1v) is 8.91. The number of hydrogen-bond donors (Lipinski definition) is 1. The fourth-order valence-corrected chi connectivity index (χ4v) is 2.68. The molecule has 0 unspecified atom stereocenters. The topological polar surface area (TPSA) is 69.4 Å². The molecule has 4 nitrogen and oxygen atoms in total. The maximum atomic E-state index is 10.7. The predicted molar refractivity (Wildman–Crippen MR) is 73.9 cm³/mol. The third-order valence-electron chi connectivity index (χ3n) is 3.48. The Morgan fingerprint density at radius 3 is 2.00 bits per heavy atom. The van der Waals surface area contributed by atoms with Gasteiger partial charge in [-0.1, -0.05) is 32.1 Å². The number of nitrogens with two attached hydrogens (primary N) is 1. The summed E-state index contributed by atoms with van der Waals surface area (Å²) in [7, 11) is -3.25. The van der Waals surface area contributed by atoms with E-state index in [2.05, 4.69) is 0 Å². The van der Waals surface area contributed by atoms with Gasteiger partial charge in [0.05, 0.1) is 11.9 Å². The SMILES string of the molecule is NS(=O)(=O)CCCCCCCCCOC1CCC1. The van der Waals surface area contributed by atoms with Crippen LogP contribution in [0.2, 0.25) is 0 Å². The second-order valence-electron chi connectivity index (χ2n) is 5.27. The monoisotopic (exact) mass is 277 g/mol. The molecule has 0 aromatic carbocycles. The largest absolute Gasteiger partial charge is 0.378 e. The van der Waals surface area contributed by atoms with Gasteiger partial charge < -0.3 is 4.74 Å². The van der Waals surface area contributed by atoms with Crippen LogP contribution < -0.4 is 5.14 Å². The van der Waals surface area contributed by atoms with E-state index in [4.69, 9.17) is 9.88 Å². The van der Waals surface area contributed by atoms with E-state index < -0.39 is 10.0 Å². The van der Waals surface area contributed by atoms with Gasteiger partial charge in [0, 0.05) is 6.61 Å². The molecule has 0 atom stereocenters. The minimum Gasteiger partial charge on any atom is -0.378 e. The molecule has 0 radical (unpaired) electrons. The quantitative estimate of drug-likeness (QED) is 0.590. The van der Waals surface area contributed by atoms with Gasteiger partial charge in [0.15, 0.2) is 0 Å². The van der Waals surface area contributed by atoms with Gasteiger partial charge in [-0.05, 0) is 32.1 Å². The molecule has 0 saturated heterocycles. The van der Waals surface area contributed by atoms with Gasteiger partial charge >= 0.3 is 0 Å². The number of hydrogen-bond acceptors (Lipinski definition) is 3. The lowest BCUT2D eigenvalue weighted by Crippen LogP contribution is -2.21. The second kappa shape index (κ2) is 8.88. The Morgan fingerprint density at radius 2 is 1.50 bits per heavy atom. The molecular formula is C13H27NO3S. The first kappa shape index (κ1) is 15.9. The molecule has 1 rings (SSSR count). The molecule has 0 aromatic heterocycles. The van der Waals surface area contributed by atoms with Crippen LogP contribution in [0.4, 0.5) is 0 Å². The zero-order valence-electron chi connectivity index (χ0n) is 11.3. The molecule has 0 heterocycles. The Morgan fingerprint density at radius 1 is 0.944 bits per heavy atom. The maximum absolute atomic E-state index is 10.7. The Bertz CT molecular complexity index is 299. The Hall–Kier alpha value is -0.130. The molecular weight excluding hydrogens is 250 g/mol. The number of primary sulfonamides is 1. The van der Waals surface area contributed by atoms with Gasteiger partial charge in [0.25, 0.3) is 0 Å². The molecule has 18 heavy (non-hydrogen) atoms. The van der Waals surface area contributed by atoms with Crippen molar-refractivity contribution in [1.29, 1.82) is 0 Å². The van der Waals surface area contributed by atoms with Crippen molar-refractivity contribution >= 4 is 10.0 Å². The molecule has 1 saturated carbocycles. The molecule has 108 valence electrons. The second-order valence-corrected chi connectivity index (χ2v) is 7.00. The highest BCUT2D eigenvalue weighted by molar-refractivity contribution is 7.89. The fraction of sp³-hybridized carbons (Fsp3) is 1.00. The van der Waals surface area contributed by atoms with Gasteiger partial charge in [-0.25, -0.2) is 13.6 Å². The minimum atomic E-state index is -3.25. The summed E-state index contributed by atoms with van der Waals surface area (Å²) in [6.45, 7) is 0.913. The third kappa shape index (κ3) is 8.89. The summed E-state index contributed by atoms with van der Waals surface area (Å²) in [5.74, 6) is 0.127. The van der Waals surface area contributed by atoms with E-state index >= 15 is 0 Å². The van der Waals surface area contributed by atoms with Crippen molar-refractivity contribution in [2.24, 2.45) is 5.14 Å². The summed E-state index contributed by atoms with van der Waals surface area (Å²) in [5.41, 5.74) is 0. The molecule has 2 N–H and O–H groups in total. The number of sulfonamides is 1. The Labute approximate surface area is 111 Å². The predicted octanol–water partition coefficient (Wildman–Crippen LogP) is 2.57. The molecule has 5 heteroatoms. The molecule has 0 bridgehead atoms. The van der Waals surface area contributed by atoms with Gasteiger partial charge in [-0.2, -0.15) is 0 Å². The van der Waals surface area contributed by atoms with Crippen LogP contribution in [0.5, 0.6) is 0 Å². The average Bonchev–Trinajstić information content (AvgIpc) is 2.22. The van der Waals surface area contributed by atoms with Gasteiger partial charge in [-0.3, -0.25) is 0 Å². The first-order valence-electron chi connectivity index (χ1n) is 7.20. The van der Waals surface area contributed by atoms with Crippen LogP contribution in [0.1, 0.15) is 64.2 Å². The molecule has 0 amide bonds. The normalized spacial score (nSPS) is 16.7. The van der Waals surface area contributed by atoms with Crippen molar-refractivity contribution in [3.63, 3.8) is 0 Å². The summed E-state index contributed by atoms with van der Waals surface area (Å²) in [6, 6.07) is 0. The lowest BCUT2D eigenvalue weighted by Gasteiger charge is -2.25. The van der Waals surface area contributed by atoms with E-state index in [1.165, 1.54) is 38.5 Å². The number of unbranched alkanes of at least 4 members (excludes halogenated alkanes) is 6. The first-order chi connectivity index (χ1) is 8.58. The van der Waals surface area contributed by atoms with Crippen molar-refractivity contribution in [1.82, 2.24) is 0 Å². The summed E-state index contributed by atoms with van der Waals surface area (Å²) in [5, 5.41) is 4.93. The van der Waals surface area contributed by atoms with Crippen LogP contribution in [0.25, 0.3) is 0 Å². The van der Waals surface area contributed by atoms with E-state index in [0.717, 1.165) is 25.9 Å². The van der Waals surface area contributed by atoms with Crippen LogP contribution in [-0.2, 0) is 14.8 Å². The van der Waals surface area contributed by atoms with E-state index in [1.54, 1.807) is 0 Å². The van der Waals surface area contributed by atoms with Crippen LogP contribution in [0.15, 0.2) is 0 Å². The summed E-state index contributed by atoms with van der Waals surface area (Å²) in [6.07, 6.45) is 12.0. The summed E-state index contributed by atoms with van der Waals surface area (Å²) in [4.78, 5) is 0. The van der Waals surface area contributed by atoms with Crippen molar-refractivity contribution in [2.45, 2.75) is 70.3 Å². The standard InChI is InChI=1S/C13H27NO3S/c14-18(15,16)12-7-5-3-1-2-4-6-11-17-13-9-8-10-13/h13H,1-12H2,(H2,14,15,16). The maximum Gasteiger partial charge on any atom is 0.209 e. The molecule has 1 fully saturated rings. The molecule has 0 aromatic rings. The summed E-state index contributed by atoms with van der Waals surface area (Å²) >= 11 is 0. The highest BCUT2D eigenvalue weighted by Gasteiger charge is 2.16. The number of rotatable bonds is 11. The van der Waals surface area contributed by atoms with Gasteiger partial charge in [0.2, 0.25) is 10.0 Å². The van der Waals surface area contributed by atoms with E-state index in [0.29, 0.717) is 12.5 Å². The molecule has 1 aliphatic rings. The van der Waals surface area contributed by atoms with Crippen LogP contribution in [0.3, 0.4) is 0 Å². The van der Waals surface area contributed by atoms with E-state index in [1.807, 2.05) is 0 Å². The van der Waals surface area contributed by atoms with E-state index in [9.17, 15) is 8.42 Å². The molecule has 1 aliphatic carbocycles. The van der Waals surface area contributed by atoms with Gasteiger partial charge in [-0.15, -0.1) is 0 Å². The van der Waals surface area contributed by atoms with Crippen LogP contribution in [-0.4, -0.2) is 26.9 Å². The van der Waals surface area contributed by atoms with Crippen molar-refractivity contribution < 1.29 is 13.2 Å². The van der Waals surface area contributed by atoms with Crippen molar-refractivity contribution in [2.75, 3.05) is 12.4 Å². The zero-order chi connectivity index (χ0) is 13.3. The third-order valence-corrected chi connectivity index (χ3v) is 4.34. The molecule has 0 spiro atoms. The van der Waals surface area contributed by atoms with Gasteiger partial charge in [0.1, 0.15) is 0 Å². The van der Waals surface area contributed by atoms with Crippen molar-refractivity contribution in [3.05, 3.63) is 0 Å². The van der Waals surface area contributed by atoms with Crippen LogP contribution in [0, 0.1) is 0 Å². The molecule has 0 aliphatic heterocycles. The highest BCUT2D eigenvalue weighted by atomic mass is 32.2.